The summed E-state index contributed by atoms with van der Waals surface area (Å²) < 4.78 is 0. The van der Waals surface area contributed by atoms with Gasteiger partial charge in [0.15, 0.2) is 0 Å². The number of rotatable bonds is 5. The number of carbonyl (C=O) groups is 1. The van der Waals surface area contributed by atoms with E-state index in [-0.39, 0.29) is 5.91 Å². The van der Waals surface area contributed by atoms with Crippen molar-refractivity contribution in [1.82, 2.24) is 0 Å². The number of nitrogens with one attached hydrogen (secondary N) is 2. The van der Waals surface area contributed by atoms with E-state index in [9.17, 15) is 4.79 Å². The third-order valence-corrected chi connectivity index (χ3v) is 4.45. The summed E-state index contributed by atoms with van der Waals surface area (Å²) in [6, 6.07) is 5.90. The summed E-state index contributed by atoms with van der Waals surface area (Å²) in [5.41, 5.74) is 7.51. The molecule has 2 rings (SSSR count). The van der Waals surface area contributed by atoms with E-state index < -0.39 is 0 Å². The van der Waals surface area contributed by atoms with Crippen LogP contribution in [0.2, 0.25) is 5.02 Å². The van der Waals surface area contributed by atoms with Crippen molar-refractivity contribution in [2.45, 2.75) is 45.1 Å². The number of hydrogen-bond donors (Lipinski definition) is 3. The Labute approximate surface area is 131 Å². The minimum Gasteiger partial charge on any atom is -0.381 e. The summed E-state index contributed by atoms with van der Waals surface area (Å²) in [4.78, 5) is 11.5. The van der Waals surface area contributed by atoms with Gasteiger partial charge in [0.1, 0.15) is 0 Å². The Morgan fingerprint density at radius 2 is 2.14 bits per heavy atom. The third-order valence-electron chi connectivity index (χ3n) is 4.12. The second-order valence-electron chi connectivity index (χ2n) is 5.63. The first-order valence-corrected chi connectivity index (χ1v) is 8.07. The van der Waals surface area contributed by atoms with Gasteiger partial charge in [-0.3, -0.25) is 4.79 Å². The van der Waals surface area contributed by atoms with Crippen molar-refractivity contribution in [3.8, 4) is 0 Å². The first-order chi connectivity index (χ1) is 10.1. The molecule has 0 heterocycles. The standard InChI is InChI=1S/C16H24ClN3O/c1-2-16(21)19-12-7-8-13(17)15(9-12)20-14-6-4-3-5-11(14)10-18/h7-9,11,14,20H,2-6,10,18H2,1H3,(H,19,21). The van der Waals surface area contributed by atoms with Gasteiger partial charge in [0.25, 0.3) is 0 Å². The summed E-state index contributed by atoms with van der Waals surface area (Å²) >= 11 is 6.27. The average molecular weight is 310 g/mol. The normalized spacial score (nSPS) is 21.9. The Bertz CT molecular complexity index is 492. The fourth-order valence-corrected chi connectivity index (χ4v) is 3.01. The number of nitrogens with two attached hydrogens (primary N) is 1. The van der Waals surface area contributed by atoms with Crippen LogP contribution in [0.4, 0.5) is 11.4 Å². The topological polar surface area (TPSA) is 67.2 Å². The van der Waals surface area contributed by atoms with Crippen molar-refractivity contribution in [3.63, 3.8) is 0 Å². The first-order valence-electron chi connectivity index (χ1n) is 7.70. The van der Waals surface area contributed by atoms with Crippen LogP contribution in [0.1, 0.15) is 39.0 Å². The molecule has 4 nitrogen and oxygen atoms in total. The molecule has 0 radical (unpaired) electrons. The largest absolute Gasteiger partial charge is 0.381 e. The van der Waals surface area contributed by atoms with Gasteiger partial charge in [0.2, 0.25) is 5.91 Å². The Balaban J connectivity index is 2.10. The number of halogens is 1. The fourth-order valence-electron chi connectivity index (χ4n) is 2.84. The Morgan fingerprint density at radius 3 is 2.86 bits per heavy atom. The summed E-state index contributed by atoms with van der Waals surface area (Å²) in [5.74, 6) is 0.490. The van der Waals surface area contributed by atoms with Gasteiger partial charge in [-0.1, -0.05) is 31.4 Å². The van der Waals surface area contributed by atoms with Crippen molar-refractivity contribution < 1.29 is 4.79 Å². The maximum absolute atomic E-state index is 11.5. The minimum atomic E-state index is 0.000716. The van der Waals surface area contributed by atoms with E-state index in [1.165, 1.54) is 12.8 Å². The maximum Gasteiger partial charge on any atom is 0.224 e. The zero-order valence-corrected chi connectivity index (χ0v) is 13.2. The lowest BCUT2D eigenvalue weighted by Crippen LogP contribution is -2.36. The highest BCUT2D eigenvalue weighted by Crippen LogP contribution is 2.31. The van der Waals surface area contributed by atoms with Crippen LogP contribution in [-0.4, -0.2) is 18.5 Å². The highest BCUT2D eigenvalue weighted by Gasteiger charge is 2.24. The van der Waals surface area contributed by atoms with E-state index in [1.54, 1.807) is 0 Å². The molecule has 0 saturated heterocycles. The van der Waals surface area contributed by atoms with E-state index in [1.807, 2.05) is 25.1 Å². The predicted octanol–water partition coefficient (Wildman–Crippen LogP) is 3.62. The molecule has 2 atom stereocenters. The number of anilines is 2. The first kappa shape index (κ1) is 16.1. The number of hydrogen-bond acceptors (Lipinski definition) is 3. The molecule has 0 spiro atoms. The molecule has 1 saturated carbocycles. The number of carbonyl (C=O) groups excluding carboxylic acids is 1. The molecule has 1 aliphatic carbocycles. The van der Waals surface area contributed by atoms with Gasteiger partial charge in [0.05, 0.1) is 10.7 Å². The van der Waals surface area contributed by atoms with Crippen molar-refractivity contribution in [2.75, 3.05) is 17.2 Å². The van der Waals surface area contributed by atoms with Crippen LogP contribution in [0, 0.1) is 5.92 Å². The Kier molecular flexibility index (Phi) is 5.88. The molecule has 1 fully saturated rings. The fraction of sp³-hybridized carbons (Fsp3) is 0.562. The molecule has 116 valence electrons. The zero-order chi connectivity index (χ0) is 15.2. The van der Waals surface area contributed by atoms with Crippen molar-refractivity contribution in [2.24, 2.45) is 11.7 Å². The second kappa shape index (κ2) is 7.66. The SMILES string of the molecule is CCC(=O)Nc1ccc(Cl)c(NC2CCCCC2CN)c1. The van der Waals surface area contributed by atoms with Crippen molar-refractivity contribution in [1.29, 1.82) is 0 Å². The molecule has 1 aromatic rings. The Morgan fingerprint density at radius 1 is 1.38 bits per heavy atom. The summed E-state index contributed by atoms with van der Waals surface area (Å²) in [7, 11) is 0. The van der Waals surface area contributed by atoms with Crippen LogP contribution >= 0.6 is 11.6 Å². The summed E-state index contributed by atoms with van der Waals surface area (Å²) in [6.07, 6.45) is 5.21. The molecule has 4 N–H and O–H groups in total. The molecular formula is C16H24ClN3O. The Hall–Kier alpha value is -1.26. The lowest BCUT2D eigenvalue weighted by molar-refractivity contribution is -0.115. The van der Waals surface area contributed by atoms with Crippen LogP contribution < -0.4 is 16.4 Å². The molecule has 0 aromatic heterocycles. The van der Waals surface area contributed by atoms with Gasteiger partial charge < -0.3 is 16.4 Å². The molecule has 0 bridgehead atoms. The second-order valence-corrected chi connectivity index (χ2v) is 6.03. The van der Waals surface area contributed by atoms with Gasteiger partial charge in [-0.05, 0) is 43.5 Å². The number of benzene rings is 1. The van der Waals surface area contributed by atoms with Gasteiger partial charge in [-0.25, -0.2) is 0 Å². The van der Waals surface area contributed by atoms with Crippen molar-refractivity contribution in [3.05, 3.63) is 23.2 Å². The molecule has 5 heteroatoms. The summed E-state index contributed by atoms with van der Waals surface area (Å²) in [5, 5.41) is 7.05. The van der Waals surface area contributed by atoms with Crippen LogP contribution in [0.3, 0.4) is 0 Å². The molecule has 1 amide bonds. The third kappa shape index (κ3) is 4.35. The molecular weight excluding hydrogens is 286 g/mol. The predicted molar refractivity (Wildman–Crippen MR) is 88.8 cm³/mol. The minimum absolute atomic E-state index is 0.000716. The van der Waals surface area contributed by atoms with E-state index >= 15 is 0 Å². The van der Waals surface area contributed by atoms with E-state index in [2.05, 4.69) is 10.6 Å². The van der Waals surface area contributed by atoms with Crippen LogP contribution in [0.15, 0.2) is 18.2 Å². The van der Waals surface area contributed by atoms with Crippen molar-refractivity contribution >= 4 is 28.9 Å². The maximum atomic E-state index is 11.5. The highest BCUT2D eigenvalue weighted by molar-refractivity contribution is 6.33. The lowest BCUT2D eigenvalue weighted by atomic mass is 9.84. The lowest BCUT2D eigenvalue weighted by Gasteiger charge is -2.32. The monoisotopic (exact) mass is 309 g/mol. The molecule has 1 aliphatic rings. The van der Waals surface area contributed by atoms with Gasteiger partial charge in [-0.2, -0.15) is 0 Å². The van der Waals surface area contributed by atoms with E-state index in [0.29, 0.717) is 29.9 Å². The smallest absolute Gasteiger partial charge is 0.224 e. The molecule has 1 aromatic carbocycles. The van der Waals surface area contributed by atoms with Crippen LogP contribution in [-0.2, 0) is 4.79 Å². The number of amides is 1. The average Bonchev–Trinajstić information content (AvgIpc) is 2.51. The molecule has 0 aliphatic heterocycles. The van der Waals surface area contributed by atoms with Gasteiger partial charge in [-0.15, -0.1) is 0 Å². The van der Waals surface area contributed by atoms with Gasteiger partial charge >= 0.3 is 0 Å². The van der Waals surface area contributed by atoms with Crippen LogP contribution in [0.25, 0.3) is 0 Å². The quantitative estimate of drug-likeness (QED) is 0.778. The van der Waals surface area contributed by atoms with E-state index in [4.69, 9.17) is 17.3 Å². The van der Waals surface area contributed by atoms with Crippen LogP contribution in [0.5, 0.6) is 0 Å². The van der Waals surface area contributed by atoms with E-state index in [0.717, 1.165) is 24.2 Å². The molecule has 21 heavy (non-hydrogen) atoms. The summed E-state index contributed by atoms with van der Waals surface area (Å²) in [6.45, 7) is 2.53. The van der Waals surface area contributed by atoms with Gasteiger partial charge in [0, 0.05) is 18.2 Å². The molecule has 2 unspecified atom stereocenters. The zero-order valence-electron chi connectivity index (χ0n) is 12.5. The highest BCUT2D eigenvalue weighted by atomic mass is 35.5.